The number of nitrogens with zero attached hydrogens (tertiary/aromatic N) is 1. The number of aliphatic hydroxyl groups is 6. The SMILES string of the molecule is COc1cc(C[C@@H]2[C@H](O)C[C@@H](OCO)CCc3cc4c(O)cc3[C@@H](C[C@@H](O)c3cccc5cn(cc35)COCCC[C@@H]3NC(=O)[C@@H]5CSSC[C@@H]6NCCC#C[C@]7(C[C@@H](C)CC[C@H]7CC[C@H](O)[C@@H]35)[C@@H]3C[C@@H](CC[C@@H]63)O4)SSC[C@@H]2O)cc(OCO)c1O. The first-order valence-corrected chi connectivity index (χ1v) is 36.4. The maximum atomic E-state index is 14.0. The van der Waals surface area contributed by atoms with Gasteiger partial charge >= 0.3 is 0 Å². The van der Waals surface area contributed by atoms with Crippen molar-refractivity contribution in [2.75, 3.05) is 51.1 Å². The third kappa shape index (κ3) is 14.8. The highest BCUT2D eigenvalue weighted by Crippen LogP contribution is 2.58. The molecule has 2 saturated heterocycles. The second kappa shape index (κ2) is 29.7. The fourth-order valence-corrected chi connectivity index (χ4v) is 21.6. The summed E-state index contributed by atoms with van der Waals surface area (Å²) < 4.78 is 32.3. The monoisotopic (exact) mass is 1280 g/mol. The number of ether oxygens (including phenoxy) is 5. The van der Waals surface area contributed by atoms with Crippen LogP contribution in [-0.2, 0) is 33.8 Å². The molecule has 2 aliphatic carbocycles. The number of fused-ring (bicyclic) bond motifs is 6. The number of aryl methyl sites for hydroxylation is 1. The van der Waals surface area contributed by atoms with Crippen LogP contribution in [0.5, 0.6) is 28.7 Å². The van der Waals surface area contributed by atoms with E-state index < -0.39 is 55.3 Å². The quantitative estimate of drug-likeness (QED) is 0.0470. The Hall–Kier alpha value is -3.73. The van der Waals surface area contributed by atoms with E-state index in [4.69, 9.17) is 23.7 Å². The number of hydrogen-bond acceptors (Lipinski definition) is 19. The number of methoxy groups -OCH3 is 1. The summed E-state index contributed by atoms with van der Waals surface area (Å²) in [7, 11) is 7.89. The molecule has 476 valence electrons. The van der Waals surface area contributed by atoms with Crippen LogP contribution in [0.3, 0.4) is 0 Å². The smallest absolute Gasteiger partial charge is 0.224 e. The summed E-state index contributed by atoms with van der Waals surface area (Å²) in [6, 6.07) is 12.8. The van der Waals surface area contributed by atoms with E-state index in [1.54, 1.807) is 29.0 Å². The first-order valence-electron chi connectivity index (χ1n) is 31.6. The molecule has 1 aromatic heterocycles. The minimum atomic E-state index is -1.13. The molecule has 17 atom stereocenters. The van der Waals surface area contributed by atoms with Gasteiger partial charge < -0.3 is 79.7 Å². The third-order valence-corrected chi connectivity index (χ3v) is 25.6. The molecule has 8 aliphatic rings. The molecule has 12 rings (SSSR count). The number of rotatable bonds is 7. The van der Waals surface area contributed by atoms with Gasteiger partial charge in [-0.2, -0.15) is 0 Å². The largest absolute Gasteiger partial charge is 0.504 e. The molecule has 3 aromatic carbocycles. The molecule has 87 heavy (non-hydrogen) atoms. The highest BCUT2D eigenvalue weighted by atomic mass is 33.1. The third-order valence-electron chi connectivity index (χ3n) is 20.3. The zero-order valence-electron chi connectivity index (χ0n) is 50.0. The van der Waals surface area contributed by atoms with Gasteiger partial charge in [-0.3, -0.25) is 4.79 Å². The Kier molecular flexibility index (Phi) is 22.1. The maximum Gasteiger partial charge on any atom is 0.224 e. The Bertz CT molecular complexity index is 3040. The number of benzene rings is 3. The fourth-order valence-electron chi connectivity index (χ4n) is 16.0. The van der Waals surface area contributed by atoms with Crippen LogP contribution in [0.4, 0.5) is 0 Å². The summed E-state index contributed by atoms with van der Waals surface area (Å²) in [4.78, 5) is 14.0. The summed E-state index contributed by atoms with van der Waals surface area (Å²) in [5, 5.41) is 102. The van der Waals surface area contributed by atoms with Crippen LogP contribution in [0.1, 0.15) is 130 Å². The van der Waals surface area contributed by atoms with E-state index in [1.807, 2.05) is 52.0 Å². The molecule has 1 spiro atoms. The molecule has 2 saturated carbocycles. The van der Waals surface area contributed by atoms with Gasteiger partial charge in [0.1, 0.15) is 13.5 Å². The first kappa shape index (κ1) is 64.8. The predicted octanol–water partition coefficient (Wildman–Crippen LogP) is 9.17. The summed E-state index contributed by atoms with van der Waals surface area (Å²) in [6.45, 7) is 2.59. The van der Waals surface area contributed by atoms with Gasteiger partial charge in [0, 0.05) is 89.2 Å². The number of carbonyl (C=O) groups is 1. The van der Waals surface area contributed by atoms with E-state index in [9.17, 15) is 45.6 Å². The van der Waals surface area contributed by atoms with Gasteiger partial charge in [0.15, 0.2) is 29.8 Å². The van der Waals surface area contributed by atoms with Gasteiger partial charge in [0.05, 0.1) is 49.7 Å². The second-order valence-corrected chi connectivity index (χ2v) is 30.8. The Morgan fingerprint density at radius 2 is 1.68 bits per heavy atom. The molecule has 7 heterocycles. The Morgan fingerprint density at radius 1 is 0.839 bits per heavy atom. The van der Waals surface area contributed by atoms with Crippen LogP contribution in [0.2, 0.25) is 0 Å². The minimum absolute atomic E-state index is 0.0156. The molecule has 0 radical (unpaired) electrons. The molecule has 21 heteroatoms. The number of carbonyl (C=O) groups excluding carboxylic acids is 1. The second-order valence-electron chi connectivity index (χ2n) is 25.6. The van der Waals surface area contributed by atoms with Crippen LogP contribution >= 0.6 is 43.2 Å². The number of nitrogens with one attached hydrogen (secondary N) is 2. The number of phenols is 2. The molecular formula is C66H89N3O14S4. The molecule has 6 aliphatic heterocycles. The standard InChI is InChI=1S/C66H89N3O14S4/c1-38-10-12-42-13-17-54(72)63-50-32-84-85-33-53-46-16-15-44(25-51(46)66(42,29-38)18-3-4-19-67-53)83-59-24-40-11-14-43(81-36-70)26-55(73)48(21-39-22-60(79-2)64(77)61(23-39)82-37-71)58(76)34-86-87-62(47(40)27-57(59)75)28-56(74)45-8-5-7-41-30-69(31-49(41)45)35-80-20-6-9-52(63)68-65(50)78/h5,7-8,22-24,27,30-31,38,42-44,46,48,50-56,58,62-63,67,70-77H,4,6,9-17,19-21,25-26,28-29,32-37H2,1-2H3,(H,68,78)/t38-,42-,43-,44+,46+,48+,50+,51+,52-,53-,54-,55+,56+,58-,62+,63+,66+/m0/s1. The van der Waals surface area contributed by atoms with E-state index >= 15 is 0 Å². The summed E-state index contributed by atoms with van der Waals surface area (Å²) in [5.74, 6) is 9.41. The maximum absolute atomic E-state index is 14.0. The molecular weight excluding hydrogens is 1190 g/mol. The number of amides is 1. The minimum Gasteiger partial charge on any atom is -0.504 e. The number of aromatic nitrogens is 1. The van der Waals surface area contributed by atoms with Gasteiger partial charge in [0.2, 0.25) is 11.7 Å². The van der Waals surface area contributed by atoms with Crippen LogP contribution in [0.15, 0.2) is 54.9 Å². The lowest BCUT2D eigenvalue weighted by molar-refractivity contribution is -0.123. The van der Waals surface area contributed by atoms with Crippen molar-refractivity contribution in [3.63, 3.8) is 0 Å². The Balaban J connectivity index is 0.979. The van der Waals surface area contributed by atoms with Crippen molar-refractivity contribution in [1.82, 2.24) is 15.2 Å². The number of aliphatic hydroxyl groups excluding tert-OH is 6. The average Bonchev–Trinajstić information content (AvgIpc) is 2.15. The molecule has 1 amide bonds. The van der Waals surface area contributed by atoms with Crippen molar-refractivity contribution < 1.29 is 69.3 Å². The van der Waals surface area contributed by atoms with E-state index in [0.717, 1.165) is 91.1 Å². The van der Waals surface area contributed by atoms with E-state index in [-0.39, 0.29) is 114 Å². The molecule has 0 unspecified atom stereocenters. The predicted molar refractivity (Wildman–Crippen MR) is 342 cm³/mol. The molecule has 4 aromatic rings. The van der Waals surface area contributed by atoms with Gasteiger partial charge in [-0.25, -0.2) is 0 Å². The van der Waals surface area contributed by atoms with Crippen LogP contribution in [0.25, 0.3) is 10.8 Å². The highest BCUT2D eigenvalue weighted by molar-refractivity contribution is 8.77. The number of aromatic hydroxyl groups is 2. The molecule has 17 nitrogen and oxygen atoms in total. The van der Waals surface area contributed by atoms with Gasteiger partial charge in [-0.1, -0.05) is 80.6 Å². The topological polar surface area (TPSA) is 254 Å². The molecule has 11 bridgehead atoms. The molecule has 10 N–H and O–H groups in total. The van der Waals surface area contributed by atoms with Crippen molar-refractivity contribution >= 4 is 59.9 Å². The normalized spacial score (nSPS) is 34.9. The van der Waals surface area contributed by atoms with Crippen molar-refractivity contribution in [1.29, 1.82) is 0 Å². The fraction of sp³-hybridized carbons (Fsp3) is 0.652. The lowest BCUT2D eigenvalue weighted by atomic mass is 9.51. The Morgan fingerprint density at radius 3 is 2.52 bits per heavy atom. The van der Waals surface area contributed by atoms with Gasteiger partial charge in [0.25, 0.3) is 0 Å². The first-order chi connectivity index (χ1) is 42.2. The summed E-state index contributed by atoms with van der Waals surface area (Å²) in [6.07, 6.45) is 9.30. The Labute approximate surface area is 527 Å². The molecule has 4 fully saturated rings. The lowest BCUT2D eigenvalue weighted by Gasteiger charge is -2.54. The zero-order chi connectivity index (χ0) is 60.8. The van der Waals surface area contributed by atoms with E-state index in [2.05, 4.69) is 29.4 Å². The van der Waals surface area contributed by atoms with Crippen LogP contribution in [0, 0.1) is 58.7 Å². The highest BCUT2D eigenvalue weighted by Gasteiger charge is 2.54. The zero-order valence-corrected chi connectivity index (χ0v) is 53.3. The number of hydrogen-bond donors (Lipinski definition) is 10. The van der Waals surface area contributed by atoms with Crippen molar-refractivity contribution in [3.8, 4) is 40.6 Å². The van der Waals surface area contributed by atoms with Gasteiger partial charge in [-0.15, -0.1) is 5.92 Å². The van der Waals surface area contributed by atoms with Gasteiger partial charge in [-0.05, 0) is 165 Å². The average molecular weight is 1280 g/mol. The van der Waals surface area contributed by atoms with E-state index in [1.165, 1.54) is 28.7 Å². The van der Waals surface area contributed by atoms with Crippen molar-refractivity contribution in [2.45, 2.75) is 170 Å². The van der Waals surface area contributed by atoms with Crippen LogP contribution in [-0.4, -0.2) is 145 Å². The van der Waals surface area contributed by atoms with E-state index in [0.29, 0.717) is 61.7 Å². The number of phenolic OH excluding ortho intramolecular Hbond substituents is 2. The summed E-state index contributed by atoms with van der Waals surface area (Å²) >= 11 is 0. The summed E-state index contributed by atoms with van der Waals surface area (Å²) in [5.41, 5.74) is 2.60. The lowest BCUT2D eigenvalue weighted by Crippen LogP contribution is -2.53. The van der Waals surface area contributed by atoms with Crippen molar-refractivity contribution in [3.05, 3.63) is 77.1 Å². The van der Waals surface area contributed by atoms with Crippen LogP contribution < -0.4 is 24.8 Å². The van der Waals surface area contributed by atoms with Crippen molar-refractivity contribution in [2.24, 2.45) is 46.8 Å².